The van der Waals surface area contributed by atoms with E-state index in [-0.39, 0.29) is 17.9 Å². The summed E-state index contributed by atoms with van der Waals surface area (Å²) < 4.78 is 9.92. The van der Waals surface area contributed by atoms with Gasteiger partial charge in [-0.15, -0.1) is 0 Å². The Morgan fingerprint density at radius 2 is 1.55 bits per heavy atom. The predicted octanol–water partition coefficient (Wildman–Crippen LogP) is 2.90. The number of amides is 2. The molecule has 2 aromatic rings. The number of nitrogens with one attached hydrogen (secondary N) is 2. The third-order valence-corrected chi connectivity index (χ3v) is 4.14. The van der Waals surface area contributed by atoms with Crippen molar-refractivity contribution in [1.82, 2.24) is 5.32 Å². The number of hydrogen-bond acceptors (Lipinski definition) is 5. The summed E-state index contributed by atoms with van der Waals surface area (Å²) in [5, 5.41) is 5.08. The van der Waals surface area contributed by atoms with Crippen LogP contribution in [0.25, 0.3) is 0 Å². The molecule has 0 aliphatic rings. The molecule has 2 rings (SSSR count). The van der Waals surface area contributed by atoms with Gasteiger partial charge in [0.1, 0.15) is 12.3 Å². The van der Waals surface area contributed by atoms with Crippen LogP contribution in [0.3, 0.4) is 0 Å². The zero-order valence-electron chi connectivity index (χ0n) is 17.1. The molecule has 0 unspecified atom stereocenters. The van der Waals surface area contributed by atoms with Gasteiger partial charge in [-0.1, -0.05) is 32.9 Å². The molecule has 29 heavy (non-hydrogen) atoms. The van der Waals surface area contributed by atoms with Crippen molar-refractivity contribution in [2.75, 3.05) is 25.6 Å². The van der Waals surface area contributed by atoms with E-state index in [1.807, 2.05) is 12.1 Å². The van der Waals surface area contributed by atoms with Gasteiger partial charge in [0.15, 0.2) is 6.61 Å². The minimum Gasteiger partial charge on any atom is -0.497 e. The van der Waals surface area contributed by atoms with E-state index >= 15 is 0 Å². The first-order chi connectivity index (χ1) is 13.7. The highest BCUT2D eigenvalue weighted by Gasteiger charge is 2.15. The molecule has 0 spiro atoms. The van der Waals surface area contributed by atoms with Crippen LogP contribution in [-0.2, 0) is 19.7 Å². The molecule has 0 heterocycles. The highest BCUT2D eigenvalue weighted by atomic mass is 16.5. The molecule has 0 saturated carbocycles. The van der Waals surface area contributed by atoms with Gasteiger partial charge in [0.2, 0.25) is 0 Å². The maximum Gasteiger partial charge on any atom is 0.325 e. The van der Waals surface area contributed by atoms with Crippen molar-refractivity contribution in [2.45, 2.75) is 26.2 Å². The first-order valence-corrected chi connectivity index (χ1v) is 9.17. The SMILES string of the molecule is COc1ccc(NC(=O)COC(=O)CNC(=O)c2ccc(C(C)(C)C)cc2)cc1. The van der Waals surface area contributed by atoms with Gasteiger partial charge >= 0.3 is 5.97 Å². The first-order valence-electron chi connectivity index (χ1n) is 9.17. The summed E-state index contributed by atoms with van der Waals surface area (Å²) in [6.07, 6.45) is 0. The first kappa shape index (κ1) is 21.9. The fourth-order valence-corrected chi connectivity index (χ4v) is 2.44. The maximum absolute atomic E-state index is 12.1. The van der Waals surface area contributed by atoms with Crippen molar-refractivity contribution in [1.29, 1.82) is 0 Å². The number of hydrogen-bond donors (Lipinski definition) is 2. The van der Waals surface area contributed by atoms with E-state index < -0.39 is 18.5 Å². The van der Waals surface area contributed by atoms with Crippen molar-refractivity contribution in [3.63, 3.8) is 0 Å². The van der Waals surface area contributed by atoms with Crippen molar-refractivity contribution in [3.05, 3.63) is 59.7 Å². The van der Waals surface area contributed by atoms with E-state index in [9.17, 15) is 14.4 Å². The molecule has 0 fully saturated rings. The summed E-state index contributed by atoms with van der Waals surface area (Å²) >= 11 is 0. The minimum atomic E-state index is -0.699. The molecule has 0 atom stereocenters. The number of benzene rings is 2. The number of rotatable bonds is 7. The monoisotopic (exact) mass is 398 g/mol. The number of carbonyl (C=O) groups is 3. The van der Waals surface area contributed by atoms with Crippen LogP contribution in [0.5, 0.6) is 5.75 Å². The molecular formula is C22H26N2O5. The average molecular weight is 398 g/mol. The highest BCUT2D eigenvalue weighted by molar-refractivity contribution is 5.96. The van der Waals surface area contributed by atoms with Gasteiger partial charge in [-0.05, 0) is 47.4 Å². The Morgan fingerprint density at radius 1 is 0.931 bits per heavy atom. The normalized spacial score (nSPS) is 10.8. The second kappa shape index (κ2) is 9.73. The lowest BCUT2D eigenvalue weighted by Crippen LogP contribution is -2.32. The van der Waals surface area contributed by atoms with Crippen LogP contribution in [0.1, 0.15) is 36.7 Å². The molecule has 0 aliphatic carbocycles. The van der Waals surface area contributed by atoms with Crippen LogP contribution in [0.4, 0.5) is 5.69 Å². The quantitative estimate of drug-likeness (QED) is 0.700. The third kappa shape index (κ3) is 6.95. The predicted molar refractivity (Wildman–Crippen MR) is 110 cm³/mol. The molecular weight excluding hydrogens is 372 g/mol. The van der Waals surface area contributed by atoms with Gasteiger partial charge in [-0.3, -0.25) is 14.4 Å². The fraction of sp³-hybridized carbons (Fsp3) is 0.318. The summed E-state index contributed by atoms with van der Waals surface area (Å²) in [5.41, 5.74) is 2.10. The van der Waals surface area contributed by atoms with Gasteiger partial charge < -0.3 is 20.1 Å². The average Bonchev–Trinajstić information content (AvgIpc) is 2.70. The standard InChI is InChI=1S/C22H26N2O5/c1-22(2,3)16-7-5-15(6-8-16)21(27)23-13-20(26)29-14-19(25)24-17-9-11-18(28-4)12-10-17/h5-12H,13-14H2,1-4H3,(H,23,27)(H,24,25). The Labute approximate surface area is 170 Å². The molecule has 0 aromatic heterocycles. The number of esters is 1. The topological polar surface area (TPSA) is 93.7 Å². The summed E-state index contributed by atoms with van der Waals surface area (Å²) in [6.45, 7) is 5.49. The van der Waals surface area contributed by atoms with E-state index in [1.54, 1.807) is 43.5 Å². The summed E-state index contributed by atoms with van der Waals surface area (Å²) in [4.78, 5) is 35.7. The summed E-state index contributed by atoms with van der Waals surface area (Å²) in [7, 11) is 1.55. The number of carbonyl (C=O) groups excluding carboxylic acids is 3. The van der Waals surface area contributed by atoms with Gasteiger partial charge in [-0.2, -0.15) is 0 Å². The van der Waals surface area contributed by atoms with Gasteiger partial charge in [-0.25, -0.2) is 0 Å². The molecule has 7 nitrogen and oxygen atoms in total. The van der Waals surface area contributed by atoms with Crippen LogP contribution in [0.15, 0.2) is 48.5 Å². The lowest BCUT2D eigenvalue weighted by molar-refractivity contribution is -0.146. The Hall–Kier alpha value is -3.35. The number of anilines is 1. The van der Waals surface area contributed by atoms with Gasteiger partial charge in [0, 0.05) is 11.3 Å². The van der Waals surface area contributed by atoms with Crippen LogP contribution in [0.2, 0.25) is 0 Å². The second-order valence-corrected chi connectivity index (χ2v) is 7.45. The van der Waals surface area contributed by atoms with E-state index in [0.717, 1.165) is 5.56 Å². The highest BCUT2D eigenvalue weighted by Crippen LogP contribution is 2.22. The molecule has 2 N–H and O–H groups in total. The van der Waals surface area contributed by atoms with E-state index in [2.05, 4.69) is 31.4 Å². The number of ether oxygens (including phenoxy) is 2. The Kier molecular flexibility index (Phi) is 7.36. The molecule has 2 amide bonds. The largest absolute Gasteiger partial charge is 0.497 e. The minimum absolute atomic E-state index is 0.00873. The van der Waals surface area contributed by atoms with E-state index in [0.29, 0.717) is 17.0 Å². The second-order valence-electron chi connectivity index (χ2n) is 7.45. The summed E-state index contributed by atoms with van der Waals surface area (Å²) in [5.74, 6) is -0.898. The van der Waals surface area contributed by atoms with Crippen molar-refractivity contribution < 1.29 is 23.9 Å². The van der Waals surface area contributed by atoms with Crippen LogP contribution >= 0.6 is 0 Å². The Morgan fingerprint density at radius 3 is 2.10 bits per heavy atom. The Bertz CT molecular complexity index is 852. The van der Waals surface area contributed by atoms with Crippen molar-refractivity contribution in [3.8, 4) is 5.75 Å². The van der Waals surface area contributed by atoms with Crippen molar-refractivity contribution >= 4 is 23.5 Å². The molecule has 2 aromatic carbocycles. The lowest BCUT2D eigenvalue weighted by atomic mass is 9.87. The molecule has 0 saturated heterocycles. The zero-order chi connectivity index (χ0) is 21.4. The smallest absolute Gasteiger partial charge is 0.325 e. The van der Waals surface area contributed by atoms with Gasteiger partial charge in [0.05, 0.1) is 7.11 Å². The van der Waals surface area contributed by atoms with Crippen LogP contribution < -0.4 is 15.4 Å². The molecule has 0 bridgehead atoms. The molecule has 0 aliphatic heterocycles. The molecule has 154 valence electrons. The summed E-state index contributed by atoms with van der Waals surface area (Å²) in [6, 6.07) is 13.9. The van der Waals surface area contributed by atoms with Crippen LogP contribution in [-0.4, -0.2) is 38.0 Å². The lowest BCUT2D eigenvalue weighted by Gasteiger charge is -2.19. The van der Waals surface area contributed by atoms with E-state index in [4.69, 9.17) is 9.47 Å². The third-order valence-electron chi connectivity index (χ3n) is 4.14. The molecule has 7 heteroatoms. The zero-order valence-corrected chi connectivity index (χ0v) is 17.1. The molecule has 0 radical (unpaired) electrons. The van der Waals surface area contributed by atoms with Crippen LogP contribution in [0, 0.1) is 0 Å². The van der Waals surface area contributed by atoms with Gasteiger partial charge in [0.25, 0.3) is 11.8 Å². The fourth-order valence-electron chi connectivity index (χ4n) is 2.44. The van der Waals surface area contributed by atoms with E-state index in [1.165, 1.54) is 0 Å². The number of methoxy groups -OCH3 is 1. The maximum atomic E-state index is 12.1. The Balaban J connectivity index is 1.74. The van der Waals surface area contributed by atoms with Crippen molar-refractivity contribution in [2.24, 2.45) is 0 Å².